The fourth-order valence-electron chi connectivity index (χ4n) is 5.47. The number of rotatable bonds is 7. The number of carbonyl (C=O) groups excluding carboxylic acids is 1. The standard InChI is InChI=1S/C27H25BrClN3O5/c1-3-36-22-13-17(12-20(28)24(22)37-14-16-8-10-18(29)11-9-16)23-15(2)31-27(25(23)32(34)35)19-6-4-5-7-21(19)30-26(27)33/h4-13,15,23,25,31H,3,14H2,1-2H3,(H,30,33)/t15-,23-,25-,27-/m0/s1. The second-order valence-electron chi connectivity index (χ2n) is 9.17. The van der Waals surface area contributed by atoms with Crippen molar-refractivity contribution in [2.45, 2.75) is 44.0 Å². The smallest absolute Gasteiger partial charge is 0.256 e. The van der Waals surface area contributed by atoms with Crippen molar-refractivity contribution in [3.8, 4) is 11.5 Å². The van der Waals surface area contributed by atoms with Crippen LogP contribution in [0.15, 0.2) is 65.1 Å². The van der Waals surface area contributed by atoms with E-state index in [9.17, 15) is 14.9 Å². The minimum absolute atomic E-state index is 0.286. The fourth-order valence-corrected chi connectivity index (χ4v) is 6.17. The average molecular weight is 587 g/mol. The molecule has 2 heterocycles. The maximum Gasteiger partial charge on any atom is 0.256 e. The van der Waals surface area contributed by atoms with E-state index >= 15 is 0 Å². The van der Waals surface area contributed by atoms with Gasteiger partial charge in [-0.2, -0.15) is 0 Å². The summed E-state index contributed by atoms with van der Waals surface area (Å²) in [6, 6.07) is 16.4. The monoisotopic (exact) mass is 585 g/mol. The van der Waals surface area contributed by atoms with E-state index in [2.05, 4.69) is 26.6 Å². The molecule has 0 aliphatic carbocycles. The Balaban J connectivity index is 1.54. The second-order valence-corrected chi connectivity index (χ2v) is 10.5. The van der Waals surface area contributed by atoms with Gasteiger partial charge in [0.05, 0.1) is 17.0 Å². The maximum atomic E-state index is 13.3. The van der Waals surface area contributed by atoms with E-state index in [1.807, 2.05) is 32.0 Å². The first-order valence-corrected chi connectivity index (χ1v) is 13.1. The van der Waals surface area contributed by atoms with Gasteiger partial charge in [-0.25, -0.2) is 0 Å². The SMILES string of the molecule is CCOc1cc([C@@H]2[C@H](C)N[C@]3(C(=O)Nc4ccccc43)[C@H]2[N+](=O)[O-])cc(Br)c1OCc1ccc(Cl)cc1. The van der Waals surface area contributed by atoms with Crippen molar-refractivity contribution in [3.05, 3.63) is 97.0 Å². The molecule has 1 amide bonds. The Kier molecular flexibility index (Phi) is 6.87. The normalized spacial score (nSPS) is 24.1. The minimum atomic E-state index is -1.48. The number of anilines is 1. The van der Waals surface area contributed by atoms with Crippen LogP contribution in [0.3, 0.4) is 0 Å². The van der Waals surface area contributed by atoms with Gasteiger partial charge in [0.1, 0.15) is 6.61 Å². The van der Waals surface area contributed by atoms with Crippen LogP contribution in [0.5, 0.6) is 11.5 Å². The zero-order valence-electron chi connectivity index (χ0n) is 20.2. The van der Waals surface area contributed by atoms with Crippen molar-refractivity contribution in [3.63, 3.8) is 0 Å². The predicted molar refractivity (Wildman–Crippen MR) is 144 cm³/mol. The van der Waals surface area contributed by atoms with Gasteiger partial charge in [-0.15, -0.1) is 0 Å². The van der Waals surface area contributed by atoms with Gasteiger partial charge in [-0.05, 0) is 71.2 Å². The van der Waals surface area contributed by atoms with E-state index in [4.69, 9.17) is 21.1 Å². The van der Waals surface area contributed by atoms with Gasteiger partial charge in [-0.3, -0.25) is 20.2 Å². The summed E-state index contributed by atoms with van der Waals surface area (Å²) in [4.78, 5) is 25.5. The summed E-state index contributed by atoms with van der Waals surface area (Å²) in [5, 5.41) is 19.4. The summed E-state index contributed by atoms with van der Waals surface area (Å²) in [5.74, 6) is -0.0765. The molecule has 0 saturated carbocycles. The Bertz CT molecular complexity index is 1370. The number of hydrogen-bond donors (Lipinski definition) is 2. The molecule has 192 valence electrons. The van der Waals surface area contributed by atoms with Crippen LogP contribution >= 0.6 is 27.5 Å². The lowest BCUT2D eigenvalue weighted by Gasteiger charge is -2.26. The molecule has 3 aromatic carbocycles. The molecule has 3 aromatic rings. The molecule has 0 unspecified atom stereocenters. The number of nitrogens with one attached hydrogen (secondary N) is 2. The fraction of sp³-hybridized carbons (Fsp3) is 0.296. The van der Waals surface area contributed by atoms with Crippen LogP contribution in [0.25, 0.3) is 0 Å². The lowest BCUT2D eigenvalue weighted by Crippen LogP contribution is -2.54. The number of nitrogens with zero attached hydrogens (tertiary/aromatic N) is 1. The predicted octanol–water partition coefficient (Wildman–Crippen LogP) is 5.65. The van der Waals surface area contributed by atoms with Gasteiger partial charge >= 0.3 is 0 Å². The number of fused-ring (bicyclic) bond motifs is 2. The van der Waals surface area contributed by atoms with Gasteiger partial charge in [-0.1, -0.05) is 41.9 Å². The highest BCUT2D eigenvalue weighted by Gasteiger charge is 2.67. The van der Waals surface area contributed by atoms with E-state index in [-0.39, 0.29) is 17.6 Å². The molecule has 2 aliphatic rings. The zero-order chi connectivity index (χ0) is 26.3. The minimum Gasteiger partial charge on any atom is -0.490 e. The Labute approximate surface area is 227 Å². The number of ether oxygens (including phenoxy) is 2. The van der Waals surface area contributed by atoms with Gasteiger partial charge < -0.3 is 14.8 Å². The summed E-state index contributed by atoms with van der Waals surface area (Å²) < 4.78 is 12.6. The first-order chi connectivity index (χ1) is 17.8. The number of nitro groups is 1. The van der Waals surface area contributed by atoms with E-state index in [1.54, 1.807) is 42.5 Å². The molecule has 1 saturated heterocycles. The van der Waals surface area contributed by atoms with Crippen LogP contribution in [-0.4, -0.2) is 29.5 Å². The summed E-state index contributed by atoms with van der Waals surface area (Å²) in [7, 11) is 0. The Morgan fingerprint density at radius 2 is 1.86 bits per heavy atom. The summed E-state index contributed by atoms with van der Waals surface area (Å²) in [6.45, 7) is 4.39. The molecule has 0 radical (unpaired) electrons. The molecule has 2 aliphatic heterocycles. The molecule has 10 heteroatoms. The largest absolute Gasteiger partial charge is 0.490 e. The molecule has 0 aromatic heterocycles. The van der Waals surface area contributed by atoms with Crippen LogP contribution < -0.4 is 20.1 Å². The molecular formula is C27H25BrClN3O5. The first-order valence-electron chi connectivity index (χ1n) is 11.9. The number of halogens is 2. The quantitative estimate of drug-likeness (QED) is 0.274. The maximum absolute atomic E-state index is 13.3. The number of para-hydroxylation sites is 1. The van der Waals surface area contributed by atoms with Crippen molar-refractivity contribution in [1.29, 1.82) is 0 Å². The highest BCUT2D eigenvalue weighted by molar-refractivity contribution is 9.10. The van der Waals surface area contributed by atoms with Gasteiger partial charge in [0.25, 0.3) is 11.9 Å². The van der Waals surface area contributed by atoms with Crippen LogP contribution in [0.4, 0.5) is 5.69 Å². The van der Waals surface area contributed by atoms with E-state index in [1.165, 1.54) is 0 Å². The summed E-state index contributed by atoms with van der Waals surface area (Å²) >= 11 is 9.58. The summed E-state index contributed by atoms with van der Waals surface area (Å²) in [5.41, 5.74) is 1.29. The molecule has 4 atom stereocenters. The molecule has 37 heavy (non-hydrogen) atoms. The number of carbonyl (C=O) groups is 1. The van der Waals surface area contributed by atoms with Crippen molar-refractivity contribution in [1.82, 2.24) is 5.32 Å². The Morgan fingerprint density at radius 1 is 1.14 bits per heavy atom. The van der Waals surface area contributed by atoms with Crippen LogP contribution in [-0.2, 0) is 16.9 Å². The van der Waals surface area contributed by atoms with Crippen molar-refractivity contribution < 1.29 is 19.2 Å². The van der Waals surface area contributed by atoms with Crippen LogP contribution in [0.2, 0.25) is 5.02 Å². The van der Waals surface area contributed by atoms with Crippen LogP contribution in [0.1, 0.15) is 36.5 Å². The van der Waals surface area contributed by atoms with Crippen molar-refractivity contribution in [2.75, 3.05) is 11.9 Å². The second kappa shape index (κ2) is 9.96. The number of hydrogen-bond acceptors (Lipinski definition) is 6. The van der Waals surface area contributed by atoms with E-state index < -0.39 is 23.4 Å². The van der Waals surface area contributed by atoms with Crippen molar-refractivity contribution >= 4 is 39.1 Å². The topological polar surface area (TPSA) is 103 Å². The van der Waals surface area contributed by atoms with Crippen LogP contribution in [0, 0.1) is 10.1 Å². The highest BCUT2D eigenvalue weighted by atomic mass is 79.9. The lowest BCUT2D eigenvalue weighted by atomic mass is 9.78. The molecule has 1 spiro atoms. The van der Waals surface area contributed by atoms with E-state index in [0.29, 0.717) is 44.4 Å². The Hall–Kier alpha value is -3.14. The molecule has 2 N–H and O–H groups in total. The molecular weight excluding hydrogens is 562 g/mol. The first kappa shape index (κ1) is 25.5. The summed E-state index contributed by atoms with van der Waals surface area (Å²) in [6.07, 6.45) is 0. The third kappa shape index (κ3) is 4.35. The third-order valence-electron chi connectivity index (χ3n) is 6.98. The van der Waals surface area contributed by atoms with E-state index in [0.717, 1.165) is 5.56 Å². The lowest BCUT2D eigenvalue weighted by molar-refractivity contribution is -0.532. The zero-order valence-corrected chi connectivity index (χ0v) is 22.5. The molecule has 5 rings (SSSR count). The molecule has 0 bridgehead atoms. The van der Waals surface area contributed by atoms with Gasteiger partial charge in [0.2, 0.25) is 0 Å². The highest BCUT2D eigenvalue weighted by Crippen LogP contribution is 2.51. The van der Waals surface area contributed by atoms with Crippen molar-refractivity contribution in [2.24, 2.45) is 0 Å². The third-order valence-corrected chi connectivity index (χ3v) is 7.82. The van der Waals surface area contributed by atoms with Gasteiger partial charge in [0.15, 0.2) is 17.0 Å². The number of benzene rings is 3. The average Bonchev–Trinajstić information content (AvgIpc) is 3.33. The van der Waals surface area contributed by atoms with Gasteiger partial charge in [0, 0.05) is 27.2 Å². The number of amides is 1. The molecule has 1 fully saturated rings. The molecule has 8 nitrogen and oxygen atoms in total. The Morgan fingerprint density at radius 3 is 2.57 bits per heavy atom.